The molecule has 2 aliphatic rings. The maximum atomic E-state index is 9.54. The average Bonchev–Trinajstić information content (AvgIpc) is 2.31. The van der Waals surface area contributed by atoms with Gasteiger partial charge in [0.25, 0.3) is 0 Å². The number of fused-ring (bicyclic) bond motifs is 1. The van der Waals surface area contributed by atoms with E-state index < -0.39 is 0 Å². The summed E-state index contributed by atoms with van der Waals surface area (Å²) in [6.45, 7) is 1.82. The molecule has 0 bridgehead atoms. The number of hydrogen-bond acceptors (Lipinski definition) is 3. The molecule has 2 rings (SSSR count). The third kappa shape index (κ3) is 1.28. The third-order valence-corrected chi connectivity index (χ3v) is 2.82. The average molecular weight is 157 g/mol. The van der Waals surface area contributed by atoms with E-state index in [1.807, 2.05) is 0 Å². The lowest BCUT2D eigenvalue weighted by atomic mass is 9.99. The molecule has 0 saturated carbocycles. The van der Waals surface area contributed by atoms with Crippen LogP contribution in [0.3, 0.4) is 0 Å². The maximum Gasteiger partial charge on any atom is 0.0696 e. The summed E-state index contributed by atoms with van der Waals surface area (Å²) in [5, 5.41) is 18.9. The van der Waals surface area contributed by atoms with Gasteiger partial charge in [0.05, 0.1) is 12.2 Å². The van der Waals surface area contributed by atoms with Crippen molar-refractivity contribution in [2.45, 2.75) is 37.5 Å². The fraction of sp³-hybridized carbons (Fsp3) is 1.00. The van der Waals surface area contributed by atoms with Gasteiger partial charge in [-0.2, -0.15) is 0 Å². The molecule has 2 fully saturated rings. The Balaban J connectivity index is 2.03. The molecule has 2 N–H and O–H groups in total. The summed E-state index contributed by atoms with van der Waals surface area (Å²) < 4.78 is 0. The highest BCUT2D eigenvalue weighted by Crippen LogP contribution is 2.26. The van der Waals surface area contributed by atoms with Crippen LogP contribution in [-0.4, -0.2) is 46.5 Å². The first kappa shape index (κ1) is 7.53. The van der Waals surface area contributed by atoms with Crippen molar-refractivity contribution in [2.24, 2.45) is 0 Å². The number of aliphatic hydroxyl groups excluding tert-OH is 2. The molecular weight excluding hydrogens is 142 g/mol. The number of nitrogens with zero attached hydrogens (tertiary/aromatic N) is 1. The Hall–Kier alpha value is -0.120. The number of aliphatic hydroxyl groups is 2. The van der Waals surface area contributed by atoms with E-state index in [1.165, 1.54) is 0 Å². The summed E-state index contributed by atoms with van der Waals surface area (Å²) >= 11 is 0. The van der Waals surface area contributed by atoms with Crippen molar-refractivity contribution in [3.05, 3.63) is 0 Å². The minimum Gasteiger partial charge on any atom is -0.392 e. The minimum atomic E-state index is -0.201. The van der Waals surface area contributed by atoms with E-state index in [1.54, 1.807) is 0 Å². The Labute approximate surface area is 66.6 Å². The lowest BCUT2D eigenvalue weighted by Gasteiger charge is -2.33. The van der Waals surface area contributed by atoms with Crippen molar-refractivity contribution in [1.82, 2.24) is 4.90 Å². The van der Waals surface area contributed by atoms with Gasteiger partial charge in [-0.25, -0.2) is 0 Å². The van der Waals surface area contributed by atoms with E-state index in [0.29, 0.717) is 0 Å². The molecule has 3 heteroatoms. The first-order valence-corrected chi connectivity index (χ1v) is 4.37. The summed E-state index contributed by atoms with van der Waals surface area (Å²) in [6, 6.07) is 0.249. The fourth-order valence-corrected chi connectivity index (χ4v) is 2.26. The van der Waals surface area contributed by atoms with Crippen LogP contribution in [0.25, 0.3) is 0 Å². The maximum absolute atomic E-state index is 9.54. The van der Waals surface area contributed by atoms with Crippen molar-refractivity contribution in [2.75, 3.05) is 13.1 Å². The molecule has 0 aromatic carbocycles. The molecule has 0 amide bonds. The topological polar surface area (TPSA) is 43.7 Å². The zero-order valence-electron chi connectivity index (χ0n) is 6.61. The zero-order chi connectivity index (χ0) is 7.84. The number of rotatable bonds is 0. The van der Waals surface area contributed by atoms with E-state index in [9.17, 15) is 10.2 Å². The molecule has 64 valence electrons. The molecule has 2 heterocycles. The summed E-state index contributed by atoms with van der Waals surface area (Å²) in [5.41, 5.74) is 0. The standard InChI is InChI=1S/C8H15NO2/c10-6-4-7-8(11)2-1-3-9(7)5-6/h6-8,10-11H,1-5H2. The van der Waals surface area contributed by atoms with E-state index in [4.69, 9.17) is 0 Å². The fourth-order valence-electron chi connectivity index (χ4n) is 2.26. The predicted octanol–water partition coefficient (Wildman–Crippen LogP) is -0.424. The van der Waals surface area contributed by atoms with Gasteiger partial charge in [0.2, 0.25) is 0 Å². The van der Waals surface area contributed by atoms with Crippen LogP contribution in [-0.2, 0) is 0 Å². The Morgan fingerprint density at radius 1 is 1.27 bits per heavy atom. The first-order valence-electron chi connectivity index (χ1n) is 4.37. The van der Waals surface area contributed by atoms with Gasteiger partial charge < -0.3 is 10.2 Å². The van der Waals surface area contributed by atoms with Crippen LogP contribution in [0.2, 0.25) is 0 Å². The summed E-state index contributed by atoms with van der Waals surface area (Å²) in [4.78, 5) is 2.21. The van der Waals surface area contributed by atoms with Crippen LogP contribution in [0.1, 0.15) is 19.3 Å². The Morgan fingerprint density at radius 2 is 2.09 bits per heavy atom. The van der Waals surface area contributed by atoms with Crippen molar-refractivity contribution < 1.29 is 10.2 Å². The molecular formula is C8H15NO2. The van der Waals surface area contributed by atoms with Crippen LogP contribution in [0.4, 0.5) is 0 Å². The lowest BCUT2D eigenvalue weighted by molar-refractivity contribution is 0.0344. The Morgan fingerprint density at radius 3 is 2.82 bits per heavy atom. The van der Waals surface area contributed by atoms with Gasteiger partial charge in [-0.15, -0.1) is 0 Å². The van der Waals surface area contributed by atoms with E-state index in [2.05, 4.69) is 4.90 Å². The molecule has 3 unspecified atom stereocenters. The first-order chi connectivity index (χ1) is 5.27. The van der Waals surface area contributed by atoms with Crippen molar-refractivity contribution in [3.8, 4) is 0 Å². The van der Waals surface area contributed by atoms with Gasteiger partial charge in [0.1, 0.15) is 0 Å². The lowest BCUT2D eigenvalue weighted by Crippen LogP contribution is -2.43. The Kier molecular flexibility index (Phi) is 1.87. The van der Waals surface area contributed by atoms with Gasteiger partial charge in [0.15, 0.2) is 0 Å². The normalized spacial score (nSPS) is 45.8. The van der Waals surface area contributed by atoms with E-state index in [-0.39, 0.29) is 18.2 Å². The van der Waals surface area contributed by atoms with Gasteiger partial charge in [-0.05, 0) is 25.8 Å². The second-order valence-corrected chi connectivity index (χ2v) is 3.66. The van der Waals surface area contributed by atoms with Crippen molar-refractivity contribution >= 4 is 0 Å². The highest BCUT2D eigenvalue weighted by molar-refractivity contribution is 4.92. The van der Waals surface area contributed by atoms with Gasteiger partial charge in [0, 0.05) is 12.6 Å². The van der Waals surface area contributed by atoms with Gasteiger partial charge in [-0.1, -0.05) is 0 Å². The summed E-state index contributed by atoms with van der Waals surface area (Å²) in [7, 11) is 0. The van der Waals surface area contributed by atoms with Crippen LogP contribution in [0, 0.1) is 0 Å². The van der Waals surface area contributed by atoms with Crippen LogP contribution in [0.5, 0.6) is 0 Å². The molecule has 11 heavy (non-hydrogen) atoms. The second kappa shape index (κ2) is 2.73. The molecule has 0 aromatic heterocycles. The van der Waals surface area contributed by atoms with Gasteiger partial charge in [-0.3, -0.25) is 4.90 Å². The zero-order valence-corrected chi connectivity index (χ0v) is 6.61. The predicted molar refractivity (Wildman–Crippen MR) is 41.2 cm³/mol. The molecule has 0 radical (unpaired) electrons. The smallest absolute Gasteiger partial charge is 0.0696 e. The SMILES string of the molecule is OC1CC2C(O)CCCN2C1. The second-order valence-electron chi connectivity index (χ2n) is 3.66. The summed E-state index contributed by atoms with van der Waals surface area (Å²) in [5.74, 6) is 0. The largest absolute Gasteiger partial charge is 0.392 e. The number of piperidine rings is 1. The quantitative estimate of drug-likeness (QED) is 0.502. The van der Waals surface area contributed by atoms with Crippen LogP contribution >= 0.6 is 0 Å². The number of hydrogen-bond donors (Lipinski definition) is 2. The molecule has 2 saturated heterocycles. The Bertz CT molecular complexity index is 151. The minimum absolute atomic E-state index is 0.194. The van der Waals surface area contributed by atoms with Crippen molar-refractivity contribution in [3.63, 3.8) is 0 Å². The molecule has 2 aliphatic heterocycles. The third-order valence-electron chi connectivity index (χ3n) is 2.82. The highest BCUT2D eigenvalue weighted by atomic mass is 16.3. The monoisotopic (exact) mass is 157 g/mol. The highest BCUT2D eigenvalue weighted by Gasteiger charge is 2.37. The van der Waals surface area contributed by atoms with Crippen LogP contribution < -0.4 is 0 Å². The molecule has 3 atom stereocenters. The van der Waals surface area contributed by atoms with Crippen molar-refractivity contribution in [1.29, 1.82) is 0 Å². The molecule has 3 nitrogen and oxygen atoms in total. The molecule has 0 spiro atoms. The molecule has 0 aromatic rings. The summed E-state index contributed by atoms with van der Waals surface area (Å²) in [6.07, 6.45) is 2.35. The van der Waals surface area contributed by atoms with E-state index in [0.717, 1.165) is 32.4 Å². The molecule has 0 aliphatic carbocycles. The van der Waals surface area contributed by atoms with E-state index >= 15 is 0 Å². The van der Waals surface area contributed by atoms with Gasteiger partial charge >= 0.3 is 0 Å². The van der Waals surface area contributed by atoms with Crippen LogP contribution in [0.15, 0.2) is 0 Å².